The smallest absolute Gasteiger partial charge is 0.0736 e. The highest BCUT2D eigenvalue weighted by atomic mass is 127. The van der Waals surface area contributed by atoms with Gasteiger partial charge in [0.25, 0.3) is 0 Å². The molecule has 0 amide bonds. The molecule has 3 nitrogen and oxygen atoms in total. The van der Waals surface area contributed by atoms with E-state index in [0.717, 1.165) is 36.9 Å². The van der Waals surface area contributed by atoms with Crippen molar-refractivity contribution in [3.8, 4) is 0 Å². The molecule has 1 saturated carbocycles. The number of aromatic nitrogens is 1. The van der Waals surface area contributed by atoms with Crippen LogP contribution in [0.25, 0.3) is 10.9 Å². The summed E-state index contributed by atoms with van der Waals surface area (Å²) in [6, 6.07) is 9.34. The fraction of sp³-hybridized carbons (Fsp3) is 0.526. The Morgan fingerprint density at radius 1 is 1.21 bits per heavy atom. The Morgan fingerprint density at radius 2 is 2.04 bits per heavy atom. The molecule has 1 aliphatic carbocycles. The molecule has 2 heterocycles. The van der Waals surface area contributed by atoms with Crippen LogP contribution in [0.2, 0.25) is 0 Å². The molecule has 24 heavy (non-hydrogen) atoms. The Kier molecular flexibility index (Phi) is 5.88. The largest absolute Gasteiger partial charge is 0.379 e. The molecule has 0 N–H and O–H groups in total. The van der Waals surface area contributed by atoms with Crippen LogP contribution in [0, 0.1) is 16.4 Å². The van der Waals surface area contributed by atoms with Crippen molar-refractivity contribution in [1.82, 2.24) is 4.98 Å². The lowest BCUT2D eigenvalue weighted by molar-refractivity contribution is 0.112. The molecule has 2 aromatic rings. The van der Waals surface area contributed by atoms with E-state index in [1.165, 1.54) is 40.3 Å². The molecule has 4 rings (SSSR count). The lowest BCUT2D eigenvalue weighted by atomic mass is 10.1. The molecule has 1 aromatic carbocycles. The molecule has 1 unspecified atom stereocenters. The molecule has 130 valence electrons. The van der Waals surface area contributed by atoms with Crippen molar-refractivity contribution in [2.45, 2.75) is 38.6 Å². The number of halogens is 2. The number of hydrogen-bond donors (Lipinski definition) is 0. The summed E-state index contributed by atoms with van der Waals surface area (Å²) in [4.78, 5) is 7.28. The van der Waals surface area contributed by atoms with Gasteiger partial charge in [-0.25, -0.2) is 0 Å². The Labute approximate surface area is 163 Å². The first-order valence-electron chi connectivity index (χ1n) is 8.62. The Morgan fingerprint density at radius 3 is 2.83 bits per heavy atom. The molecule has 2 aliphatic rings. The number of pyridine rings is 1. The summed E-state index contributed by atoms with van der Waals surface area (Å²) in [7, 11) is 0. The molecular weight excluding hydrogens is 435 g/mol. The van der Waals surface area contributed by atoms with Gasteiger partial charge in [0.1, 0.15) is 0 Å². The van der Waals surface area contributed by atoms with E-state index >= 15 is 0 Å². The second kappa shape index (κ2) is 7.75. The summed E-state index contributed by atoms with van der Waals surface area (Å²) < 4.78 is 7.24. The highest BCUT2D eigenvalue weighted by Crippen LogP contribution is 2.34. The quantitative estimate of drug-likeness (QED) is 0.592. The van der Waals surface area contributed by atoms with Crippen LogP contribution in [-0.2, 0) is 4.74 Å². The predicted molar refractivity (Wildman–Crippen MR) is 110 cm³/mol. The molecule has 1 aliphatic heterocycles. The minimum Gasteiger partial charge on any atom is -0.379 e. The lowest BCUT2D eigenvalue weighted by Gasteiger charge is -2.28. The van der Waals surface area contributed by atoms with Crippen LogP contribution in [0.4, 0.5) is 5.69 Å². The Bertz CT molecular complexity index is 715. The summed E-state index contributed by atoms with van der Waals surface area (Å²) >= 11 is 2.36. The van der Waals surface area contributed by atoms with E-state index in [-0.39, 0.29) is 12.4 Å². The summed E-state index contributed by atoms with van der Waals surface area (Å²) in [6.45, 7) is 5.04. The van der Waals surface area contributed by atoms with Gasteiger partial charge in [-0.05, 0) is 85.4 Å². The van der Waals surface area contributed by atoms with Gasteiger partial charge in [0.2, 0.25) is 0 Å². The number of aryl methyl sites for hydroxylation is 1. The zero-order valence-electron chi connectivity index (χ0n) is 14.0. The highest BCUT2D eigenvalue weighted by Gasteiger charge is 2.28. The van der Waals surface area contributed by atoms with Crippen LogP contribution in [-0.4, -0.2) is 30.8 Å². The van der Waals surface area contributed by atoms with Crippen molar-refractivity contribution in [3.05, 3.63) is 33.5 Å². The minimum atomic E-state index is 0. The van der Waals surface area contributed by atoms with Crippen molar-refractivity contribution in [2.24, 2.45) is 5.92 Å². The maximum Gasteiger partial charge on any atom is 0.0736 e. The third-order valence-electron chi connectivity index (χ3n) is 4.93. The summed E-state index contributed by atoms with van der Waals surface area (Å²) in [5.74, 6) is 0.843. The molecule has 2 fully saturated rings. The minimum absolute atomic E-state index is 0. The van der Waals surface area contributed by atoms with Gasteiger partial charge in [-0.1, -0.05) is 0 Å². The topological polar surface area (TPSA) is 25.4 Å². The number of anilines is 1. The standard InChI is InChI=1S/C19H23IN2O.ClH/c1-13-9-19(17-7-6-15(20)10-18(17)21-13)22-8-2-3-16(22)12-23-11-14-4-5-14;/h6-7,9-10,14,16H,2-5,8,11-12H2,1H3;1H. The summed E-state index contributed by atoms with van der Waals surface area (Å²) in [5.41, 5.74) is 3.54. The molecule has 0 spiro atoms. The van der Waals surface area contributed by atoms with Gasteiger partial charge in [0.05, 0.1) is 18.2 Å². The van der Waals surface area contributed by atoms with E-state index < -0.39 is 0 Å². The number of ether oxygens (including phenoxy) is 1. The molecule has 1 atom stereocenters. The van der Waals surface area contributed by atoms with Crippen LogP contribution in [0.5, 0.6) is 0 Å². The first-order valence-corrected chi connectivity index (χ1v) is 9.70. The molecular formula is C19H24ClIN2O. The second-order valence-corrected chi connectivity index (χ2v) is 8.16. The van der Waals surface area contributed by atoms with Crippen molar-refractivity contribution in [3.63, 3.8) is 0 Å². The SMILES string of the molecule is Cc1cc(N2CCCC2COCC2CC2)c2ccc(I)cc2n1.Cl. The van der Waals surface area contributed by atoms with Crippen LogP contribution < -0.4 is 4.90 Å². The van der Waals surface area contributed by atoms with Crippen molar-refractivity contribution >= 4 is 51.6 Å². The number of hydrogen-bond acceptors (Lipinski definition) is 3. The van der Waals surface area contributed by atoms with Crippen molar-refractivity contribution in [2.75, 3.05) is 24.7 Å². The van der Waals surface area contributed by atoms with Gasteiger partial charge in [0, 0.05) is 33.5 Å². The molecule has 5 heteroatoms. The normalized spacial score (nSPS) is 20.4. The fourth-order valence-electron chi connectivity index (χ4n) is 3.53. The third-order valence-corrected chi connectivity index (χ3v) is 5.60. The zero-order valence-corrected chi connectivity index (χ0v) is 17.0. The van der Waals surface area contributed by atoms with Crippen LogP contribution in [0.3, 0.4) is 0 Å². The molecule has 0 radical (unpaired) electrons. The summed E-state index contributed by atoms with van der Waals surface area (Å²) in [6.07, 6.45) is 5.21. The molecule has 1 aromatic heterocycles. The van der Waals surface area contributed by atoms with Gasteiger partial charge in [0.15, 0.2) is 0 Å². The van der Waals surface area contributed by atoms with Gasteiger partial charge in [-0.3, -0.25) is 4.98 Å². The van der Waals surface area contributed by atoms with E-state index in [4.69, 9.17) is 9.72 Å². The van der Waals surface area contributed by atoms with E-state index in [1.54, 1.807) is 0 Å². The number of nitrogens with zero attached hydrogens (tertiary/aromatic N) is 2. The number of benzene rings is 1. The Balaban J connectivity index is 0.00000169. The maximum absolute atomic E-state index is 6.00. The monoisotopic (exact) mass is 458 g/mol. The van der Waals surface area contributed by atoms with Gasteiger partial charge >= 0.3 is 0 Å². The van der Waals surface area contributed by atoms with Crippen LogP contribution >= 0.6 is 35.0 Å². The van der Waals surface area contributed by atoms with Crippen LogP contribution in [0.1, 0.15) is 31.4 Å². The zero-order chi connectivity index (χ0) is 15.8. The van der Waals surface area contributed by atoms with E-state index in [9.17, 15) is 0 Å². The maximum atomic E-state index is 6.00. The van der Waals surface area contributed by atoms with Crippen LogP contribution in [0.15, 0.2) is 24.3 Å². The Hall–Kier alpha value is -0.590. The van der Waals surface area contributed by atoms with E-state index in [0.29, 0.717) is 6.04 Å². The fourth-order valence-corrected chi connectivity index (χ4v) is 4.01. The third kappa shape index (κ3) is 3.97. The van der Waals surface area contributed by atoms with Crippen molar-refractivity contribution < 1.29 is 4.74 Å². The van der Waals surface area contributed by atoms with Gasteiger partial charge < -0.3 is 9.64 Å². The first kappa shape index (κ1) is 18.2. The average molecular weight is 459 g/mol. The molecule has 1 saturated heterocycles. The first-order chi connectivity index (χ1) is 11.2. The number of rotatable bonds is 5. The summed E-state index contributed by atoms with van der Waals surface area (Å²) in [5, 5.41) is 1.27. The van der Waals surface area contributed by atoms with E-state index in [1.807, 2.05) is 0 Å². The van der Waals surface area contributed by atoms with Gasteiger partial charge in [-0.15, -0.1) is 12.4 Å². The van der Waals surface area contributed by atoms with Crippen molar-refractivity contribution in [1.29, 1.82) is 0 Å². The number of fused-ring (bicyclic) bond motifs is 1. The second-order valence-electron chi connectivity index (χ2n) is 6.91. The van der Waals surface area contributed by atoms with E-state index in [2.05, 4.69) is 58.7 Å². The molecule has 0 bridgehead atoms. The average Bonchev–Trinajstić information content (AvgIpc) is 3.22. The highest BCUT2D eigenvalue weighted by molar-refractivity contribution is 14.1. The lowest BCUT2D eigenvalue weighted by Crippen LogP contribution is -2.33. The predicted octanol–water partition coefficient (Wildman–Crippen LogP) is 4.97. The van der Waals surface area contributed by atoms with Gasteiger partial charge in [-0.2, -0.15) is 0 Å².